The van der Waals surface area contributed by atoms with Crippen LogP contribution in [0.15, 0.2) is 24.0 Å². The molecule has 0 radical (unpaired) electrons. The predicted molar refractivity (Wildman–Crippen MR) is 129 cm³/mol. The minimum absolute atomic E-state index is 0.0435. The van der Waals surface area contributed by atoms with Crippen molar-refractivity contribution in [2.24, 2.45) is 0 Å². The molecule has 0 aromatic heterocycles. The van der Waals surface area contributed by atoms with Gasteiger partial charge < -0.3 is 49.4 Å². The van der Waals surface area contributed by atoms with Gasteiger partial charge in [0.2, 0.25) is 6.10 Å². The van der Waals surface area contributed by atoms with E-state index < -0.39 is 65.7 Å². The molecule has 1 saturated heterocycles. The predicted octanol–water partition coefficient (Wildman–Crippen LogP) is -1.29. The number of hydrogen-bond donors (Lipinski definition) is 5. The fourth-order valence-electron chi connectivity index (χ4n) is 6.57. The first-order valence-corrected chi connectivity index (χ1v) is 12.6. The van der Waals surface area contributed by atoms with E-state index in [2.05, 4.69) is 9.64 Å². The summed E-state index contributed by atoms with van der Waals surface area (Å²) in [5, 5.41) is 50.5. The zero-order valence-corrected chi connectivity index (χ0v) is 21.6. The van der Waals surface area contributed by atoms with Gasteiger partial charge >= 0.3 is 23.9 Å². The molecule has 2 bridgehead atoms. The second kappa shape index (κ2) is 9.73. The maximum atomic E-state index is 12.9. The number of carboxylic acid groups (broad SMARTS) is 2. The van der Waals surface area contributed by atoms with Gasteiger partial charge in [-0.3, -0.25) is 4.79 Å². The van der Waals surface area contributed by atoms with E-state index >= 15 is 0 Å². The zero-order chi connectivity index (χ0) is 29.1. The number of carboxylic acids is 2. The van der Waals surface area contributed by atoms with Crippen molar-refractivity contribution in [1.82, 2.24) is 4.90 Å². The number of benzene rings is 1. The molecule has 216 valence electrons. The van der Waals surface area contributed by atoms with Crippen molar-refractivity contribution < 1.29 is 63.7 Å². The molecular formula is C26H29NO13. The van der Waals surface area contributed by atoms with E-state index in [0.29, 0.717) is 30.9 Å². The second-order valence-electron chi connectivity index (χ2n) is 10.5. The van der Waals surface area contributed by atoms with Crippen LogP contribution in [0, 0.1) is 0 Å². The molecule has 40 heavy (non-hydrogen) atoms. The third-order valence-electron chi connectivity index (χ3n) is 8.45. The lowest BCUT2D eigenvalue weighted by atomic mass is 9.50. The summed E-state index contributed by atoms with van der Waals surface area (Å²) in [6, 6.07) is 3.42. The Bertz CT molecular complexity index is 1310. The Hall–Kier alpha value is -3.72. The Kier molecular flexibility index (Phi) is 6.77. The van der Waals surface area contributed by atoms with Gasteiger partial charge in [0.1, 0.15) is 5.76 Å². The normalized spacial score (nSPS) is 30.1. The van der Waals surface area contributed by atoms with Gasteiger partial charge in [-0.15, -0.1) is 0 Å². The molecule has 1 fully saturated rings. The van der Waals surface area contributed by atoms with Gasteiger partial charge in [-0.25, -0.2) is 14.4 Å². The summed E-state index contributed by atoms with van der Waals surface area (Å²) in [5.41, 5.74) is -0.573. The number of carbonyl (C=O) groups is 4. The number of aliphatic hydroxyl groups is 3. The Balaban J connectivity index is 1.41. The van der Waals surface area contributed by atoms with Crippen LogP contribution in [-0.2, 0) is 40.5 Å². The maximum absolute atomic E-state index is 12.9. The Labute approximate surface area is 227 Å². The lowest BCUT2D eigenvalue weighted by Gasteiger charge is -2.61. The number of hydrogen-bond acceptors (Lipinski definition) is 12. The zero-order valence-electron chi connectivity index (χ0n) is 21.6. The maximum Gasteiger partial charge on any atom is 0.345 e. The first kappa shape index (κ1) is 27.8. The van der Waals surface area contributed by atoms with Gasteiger partial charge in [-0.2, -0.15) is 0 Å². The van der Waals surface area contributed by atoms with Gasteiger partial charge in [0.05, 0.1) is 24.5 Å². The summed E-state index contributed by atoms with van der Waals surface area (Å²) >= 11 is 0. The highest BCUT2D eigenvalue weighted by molar-refractivity contribution is 5.88. The van der Waals surface area contributed by atoms with Crippen LogP contribution in [0.2, 0.25) is 0 Å². The number of piperidine rings is 1. The first-order valence-electron chi connectivity index (χ1n) is 12.6. The number of methoxy groups -OCH3 is 1. The number of rotatable bonds is 9. The summed E-state index contributed by atoms with van der Waals surface area (Å²) in [4.78, 5) is 49.1. The van der Waals surface area contributed by atoms with Crippen LogP contribution in [-0.4, -0.2) is 111 Å². The monoisotopic (exact) mass is 563 g/mol. The van der Waals surface area contributed by atoms with Gasteiger partial charge in [-0.1, -0.05) is 6.07 Å². The van der Waals surface area contributed by atoms with Crippen LogP contribution < -0.4 is 9.47 Å². The molecule has 1 spiro atoms. The highest BCUT2D eigenvalue weighted by Gasteiger charge is 2.72. The molecule has 14 heteroatoms. The van der Waals surface area contributed by atoms with Crippen molar-refractivity contribution in [2.75, 3.05) is 20.7 Å². The Morgan fingerprint density at radius 2 is 1.85 bits per heavy atom. The lowest BCUT2D eigenvalue weighted by molar-refractivity contribution is -0.184. The van der Waals surface area contributed by atoms with Crippen molar-refractivity contribution in [3.05, 3.63) is 35.1 Å². The molecule has 14 nitrogen and oxygen atoms in total. The summed E-state index contributed by atoms with van der Waals surface area (Å²) < 4.78 is 21.7. The quantitative estimate of drug-likeness (QED) is 0.221. The standard InChI is InChI=1S/C26H29NO13/c1-27-8-7-25-17-11-3-4-12(37-2)20(17)40-21(25)13(5-6-26(25,36)15(27)9-11)38-23(34)18(30)19(31)24(35)39-14(22(32)33)10-16(28)29/h3-5,14-15,18-19,21,30-31,36H,6-10H2,1-2H3,(H,28,29)(H,32,33)/t14-,15-,18-,19-,21+,25+,26-/m1/s1. The second-order valence-corrected chi connectivity index (χ2v) is 10.5. The molecule has 1 aromatic carbocycles. The van der Waals surface area contributed by atoms with Crippen LogP contribution in [0.25, 0.3) is 0 Å². The molecule has 0 unspecified atom stereocenters. The van der Waals surface area contributed by atoms with E-state index in [4.69, 9.17) is 24.4 Å². The van der Waals surface area contributed by atoms with Crippen molar-refractivity contribution in [2.45, 2.75) is 67.2 Å². The van der Waals surface area contributed by atoms with Gasteiger partial charge in [0.15, 0.2) is 29.8 Å². The van der Waals surface area contributed by atoms with Crippen LogP contribution in [0.1, 0.15) is 30.4 Å². The van der Waals surface area contributed by atoms with Crippen molar-refractivity contribution in [3.63, 3.8) is 0 Å². The number of aliphatic hydroxyl groups excluding tert-OH is 2. The molecule has 7 atom stereocenters. The fraction of sp³-hybridized carbons (Fsp3) is 0.538. The number of likely N-dealkylation sites (tertiary alicyclic amines) is 1. The SMILES string of the molecule is COc1ccc2c3c1O[C@H]1C(OC(=O)[C@H](O)[C@@H](O)C(=O)O[C@H](CC(=O)O)C(=O)O)=CC[C@@]4(O)[C@@H](C2)N(C)CC[C@]314. The minimum atomic E-state index is -2.57. The summed E-state index contributed by atoms with van der Waals surface area (Å²) in [5.74, 6) is -5.77. The van der Waals surface area contributed by atoms with Gasteiger partial charge in [0, 0.05) is 18.0 Å². The van der Waals surface area contributed by atoms with Crippen molar-refractivity contribution >= 4 is 23.9 Å². The fourth-order valence-corrected chi connectivity index (χ4v) is 6.57. The molecule has 5 rings (SSSR count). The topological polar surface area (TPSA) is 210 Å². The molecule has 1 aromatic rings. The molecule has 2 heterocycles. The number of ether oxygens (including phenoxy) is 4. The van der Waals surface area contributed by atoms with E-state index in [9.17, 15) is 34.5 Å². The molecule has 0 saturated carbocycles. The smallest absolute Gasteiger partial charge is 0.345 e. The van der Waals surface area contributed by atoms with Crippen LogP contribution in [0.5, 0.6) is 11.5 Å². The van der Waals surface area contributed by atoms with Crippen LogP contribution in [0.4, 0.5) is 0 Å². The van der Waals surface area contributed by atoms with E-state index in [1.165, 1.54) is 13.2 Å². The average Bonchev–Trinajstić information content (AvgIpc) is 3.26. The minimum Gasteiger partial charge on any atom is -0.493 e. The van der Waals surface area contributed by atoms with Gasteiger partial charge in [-0.05, 0) is 44.1 Å². The molecule has 4 aliphatic rings. The number of likely N-dealkylation sites (N-methyl/N-ethyl adjacent to an activating group) is 1. The highest BCUT2D eigenvalue weighted by atomic mass is 16.6. The van der Waals surface area contributed by atoms with Crippen molar-refractivity contribution in [1.29, 1.82) is 0 Å². The number of nitrogens with zero attached hydrogens (tertiary/aromatic N) is 1. The van der Waals surface area contributed by atoms with E-state index in [-0.39, 0.29) is 18.2 Å². The molecule has 0 amide bonds. The molecule has 2 aliphatic carbocycles. The van der Waals surface area contributed by atoms with E-state index in [0.717, 1.165) is 11.1 Å². The third-order valence-corrected chi connectivity index (χ3v) is 8.45. The molecular weight excluding hydrogens is 534 g/mol. The molecule has 2 aliphatic heterocycles. The number of esters is 2. The summed E-state index contributed by atoms with van der Waals surface area (Å²) in [6.07, 6.45) is -6.77. The van der Waals surface area contributed by atoms with Crippen LogP contribution >= 0.6 is 0 Å². The third kappa shape index (κ3) is 3.93. The summed E-state index contributed by atoms with van der Waals surface area (Å²) in [7, 11) is 3.41. The average molecular weight is 564 g/mol. The number of carbonyl (C=O) groups excluding carboxylic acids is 2. The van der Waals surface area contributed by atoms with E-state index in [1.54, 1.807) is 6.07 Å². The highest BCUT2D eigenvalue weighted by Crippen LogP contribution is 2.65. The lowest BCUT2D eigenvalue weighted by Crippen LogP contribution is -2.74. The molecule has 5 N–H and O–H groups in total. The summed E-state index contributed by atoms with van der Waals surface area (Å²) in [6.45, 7) is 0.610. The Morgan fingerprint density at radius 3 is 2.50 bits per heavy atom. The van der Waals surface area contributed by atoms with Crippen molar-refractivity contribution in [3.8, 4) is 11.5 Å². The number of aliphatic carboxylic acids is 2. The van der Waals surface area contributed by atoms with Crippen LogP contribution in [0.3, 0.4) is 0 Å². The first-order chi connectivity index (χ1) is 18.9. The largest absolute Gasteiger partial charge is 0.493 e. The van der Waals surface area contributed by atoms with Gasteiger partial charge in [0.25, 0.3) is 0 Å². The Morgan fingerprint density at radius 1 is 1.15 bits per heavy atom. The van der Waals surface area contributed by atoms with E-state index in [1.807, 2.05) is 13.1 Å².